The average molecular weight is 348 g/mol. The Kier molecular flexibility index (Phi) is 4.54. The van der Waals surface area contributed by atoms with Gasteiger partial charge >= 0.3 is 6.18 Å². The molecule has 25 heavy (non-hydrogen) atoms. The molecular weight excluding hydrogens is 329 g/mol. The molecule has 2 heterocycles. The van der Waals surface area contributed by atoms with Gasteiger partial charge in [-0.15, -0.1) is 0 Å². The van der Waals surface area contributed by atoms with Crippen molar-refractivity contribution in [3.05, 3.63) is 59.8 Å². The van der Waals surface area contributed by atoms with Gasteiger partial charge in [-0.25, -0.2) is 4.98 Å². The van der Waals surface area contributed by atoms with Crippen LogP contribution >= 0.6 is 0 Å². The quantitative estimate of drug-likeness (QED) is 0.832. The zero-order valence-electron chi connectivity index (χ0n) is 13.9. The molecule has 3 nitrogen and oxygen atoms in total. The van der Waals surface area contributed by atoms with Gasteiger partial charge in [-0.05, 0) is 37.5 Å². The van der Waals surface area contributed by atoms with Crippen LogP contribution in [0.15, 0.2) is 48.5 Å². The highest BCUT2D eigenvalue weighted by atomic mass is 19.4. The third-order valence-corrected chi connectivity index (χ3v) is 4.97. The number of anilines is 1. The number of benzene rings is 1. The van der Waals surface area contributed by atoms with Gasteiger partial charge in [0, 0.05) is 13.1 Å². The highest BCUT2D eigenvalue weighted by molar-refractivity contribution is 5.88. The molecule has 0 bridgehead atoms. The van der Waals surface area contributed by atoms with E-state index in [2.05, 4.69) is 4.98 Å². The zero-order valence-corrected chi connectivity index (χ0v) is 13.9. The summed E-state index contributed by atoms with van der Waals surface area (Å²) in [6, 6.07) is 13.5. The molecule has 0 radical (unpaired) electrons. The van der Waals surface area contributed by atoms with Crippen molar-refractivity contribution in [1.29, 1.82) is 0 Å². The number of piperidine rings is 1. The molecule has 132 valence electrons. The molecule has 6 heteroatoms. The summed E-state index contributed by atoms with van der Waals surface area (Å²) in [5.74, 6) is 0.399. The number of halogens is 3. The third-order valence-electron chi connectivity index (χ3n) is 4.97. The van der Waals surface area contributed by atoms with Crippen LogP contribution in [0.25, 0.3) is 0 Å². The molecule has 1 aromatic carbocycles. The van der Waals surface area contributed by atoms with Gasteiger partial charge in [0.1, 0.15) is 17.3 Å². The molecule has 3 rings (SSSR count). The fraction of sp³-hybridized carbons (Fsp3) is 0.368. The van der Waals surface area contributed by atoms with Crippen molar-refractivity contribution in [2.24, 2.45) is 0 Å². The molecule has 0 aliphatic carbocycles. The van der Waals surface area contributed by atoms with Crippen LogP contribution in [0.3, 0.4) is 0 Å². The number of hydrogen-bond acceptors (Lipinski definition) is 3. The van der Waals surface area contributed by atoms with Crippen molar-refractivity contribution in [3.8, 4) is 0 Å². The first-order chi connectivity index (χ1) is 11.8. The van der Waals surface area contributed by atoms with Crippen molar-refractivity contribution >= 4 is 11.6 Å². The molecule has 1 aliphatic heterocycles. The van der Waals surface area contributed by atoms with E-state index in [9.17, 15) is 18.0 Å². The number of alkyl halides is 3. The minimum Gasteiger partial charge on any atom is -0.357 e. The Bertz CT molecular complexity index is 751. The molecule has 0 atom stereocenters. The summed E-state index contributed by atoms with van der Waals surface area (Å²) < 4.78 is 38.6. The number of ketones is 1. The topological polar surface area (TPSA) is 33.2 Å². The Balaban J connectivity index is 1.82. The van der Waals surface area contributed by atoms with Gasteiger partial charge in [0.05, 0.1) is 5.41 Å². The Morgan fingerprint density at radius 3 is 2.24 bits per heavy atom. The highest BCUT2D eigenvalue weighted by Crippen LogP contribution is 2.38. The first kappa shape index (κ1) is 17.5. The van der Waals surface area contributed by atoms with Crippen LogP contribution in [0.4, 0.5) is 19.0 Å². The third kappa shape index (κ3) is 3.38. The lowest BCUT2D eigenvalue weighted by atomic mass is 9.70. The molecule has 1 aliphatic rings. The van der Waals surface area contributed by atoms with Crippen LogP contribution in [0, 0.1) is 0 Å². The van der Waals surface area contributed by atoms with Gasteiger partial charge in [-0.1, -0.05) is 36.4 Å². The van der Waals surface area contributed by atoms with Gasteiger partial charge in [-0.2, -0.15) is 13.2 Å². The molecule has 0 N–H and O–H groups in total. The van der Waals surface area contributed by atoms with Crippen molar-refractivity contribution in [2.75, 3.05) is 18.0 Å². The number of nitrogens with zero attached hydrogens (tertiary/aromatic N) is 2. The fourth-order valence-corrected chi connectivity index (χ4v) is 3.48. The van der Waals surface area contributed by atoms with Crippen LogP contribution in [-0.4, -0.2) is 23.9 Å². The molecule has 0 unspecified atom stereocenters. The van der Waals surface area contributed by atoms with Crippen molar-refractivity contribution in [3.63, 3.8) is 0 Å². The predicted octanol–water partition coefficient (Wildman–Crippen LogP) is 4.23. The number of carbonyl (C=O) groups is 1. The first-order valence-corrected chi connectivity index (χ1v) is 8.19. The molecule has 0 saturated carbocycles. The molecule has 1 aromatic heterocycles. The Morgan fingerprint density at radius 2 is 1.68 bits per heavy atom. The maximum Gasteiger partial charge on any atom is 0.433 e. The van der Waals surface area contributed by atoms with E-state index in [0.29, 0.717) is 31.7 Å². The van der Waals surface area contributed by atoms with Gasteiger partial charge in [0.2, 0.25) is 0 Å². The zero-order chi connectivity index (χ0) is 18.1. The van der Waals surface area contributed by atoms with Crippen LogP contribution in [-0.2, 0) is 16.4 Å². The van der Waals surface area contributed by atoms with Gasteiger partial charge in [0.25, 0.3) is 0 Å². The molecular formula is C19H19F3N2O. The Labute approximate surface area is 144 Å². The summed E-state index contributed by atoms with van der Waals surface area (Å²) in [6.07, 6.45) is -3.34. The van der Waals surface area contributed by atoms with Gasteiger partial charge in [0.15, 0.2) is 0 Å². The molecule has 1 saturated heterocycles. The van der Waals surface area contributed by atoms with Crippen LogP contribution in [0.2, 0.25) is 0 Å². The van der Waals surface area contributed by atoms with E-state index in [0.717, 1.165) is 11.6 Å². The molecule has 2 aromatic rings. The number of pyridine rings is 1. The summed E-state index contributed by atoms with van der Waals surface area (Å²) >= 11 is 0. The van der Waals surface area contributed by atoms with E-state index in [1.807, 2.05) is 35.2 Å². The minimum absolute atomic E-state index is 0.0929. The minimum atomic E-state index is -4.46. The van der Waals surface area contributed by atoms with Crippen molar-refractivity contribution in [2.45, 2.75) is 31.4 Å². The van der Waals surface area contributed by atoms with E-state index in [-0.39, 0.29) is 5.78 Å². The van der Waals surface area contributed by atoms with E-state index in [4.69, 9.17) is 0 Å². The number of rotatable bonds is 3. The number of carbonyl (C=O) groups excluding carboxylic acids is 1. The second-order valence-corrected chi connectivity index (χ2v) is 6.37. The summed E-state index contributed by atoms with van der Waals surface area (Å²) in [5, 5.41) is 0. The second kappa shape index (κ2) is 6.50. The van der Waals surface area contributed by atoms with E-state index in [1.165, 1.54) is 6.07 Å². The predicted molar refractivity (Wildman–Crippen MR) is 89.5 cm³/mol. The van der Waals surface area contributed by atoms with Crippen LogP contribution in [0.5, 0.6) is 0 Å². The first-order valence-electron chi connectivity index (χ1n) is 8.19. The summed E-state index contributed by atoms with van der Waals surface area (Å²) in [5.41, 5.74) is -0.491. The standard InChI is InChI=1S/C19H19F3N2O/c1-14(25)18(15-6-3-2-4-7-15)10-12-24(13-11-18)17-9-5-8-16(23-17)19(20,21)22/h2-9H,10-13H2,1H3. The lowest BCUT2D eigenvalue weighted by molar-refractivity contribution is -0.141. The maximum atomic E-state index is 12.9. The van der Waals surface area contributed by atoms with Gasteiger partial charge in [-0.3, -0.25) is 4.79 Å². The number of hydrogen-bond donors (Lipinski definition) is 0. The fourth-order valence-electron chi connectivity index (χ4n) is 3.48. The SMILES string of the molecule is CC(=O)C1(c2ccccc2)CCN(c2cccc(C(F)(F)F)n2)CC1. The average Bonchev–Trinajstić information content (AvgIpc) is 2.62. The van der Waals surface area contributed by atoms with Gasteiger partial charge < -0.3 is 4.90 Å². The molecule has 0 spiro atoms. The lowest BCUT2D eigenvalue weighted by Gasteiger charge is -2.41. The largest absolute Gasteiger partial charge is 0.433 e. The van der Waals surface area contributed by atoms with E-state index < -0.39 is 17.3 Å². The molecule has 0 amide bonds. The summed E-state index contributed by atoms with van der Waals surface area (Å²) in [4.78, 5) is 17.9. The smallest absolute Gasteiger partial charge is 0.357 e. The van der Waals surface area contributed by atoms with Crippen LogP contribution in [0.1, 0.15) is 31.0 Å². The lowest BCUT2D eigenvalue weighted by Crippen LogP contribution is -2.47. The maximum absolute atomic E-state index is 12.9. The van der Waals surface area contributed by atoms with E-state index >= 15 is 0 Å². The second-order valence-electron chi connectivity index (χ2n) is 6.37. The molecule has 1 fully saturated rings. The Hall–Kier alpha value is -2.37. The number of aromatic nitrogens is 1. The normalized spacial score (nSPS) is 17.4. The monoisotopic (exact) mass is 348 g/mol. The Morgan fingerprint density at radius 1 is 1.04 bits per heavy atom. The highest BCUT2D eigenvalue weighted by Gasteiger charge is 2.41. The summed E-state index contributed by atoms with van der Waals surface area (Å²) in [7, 11) is 0. The number of Topliss-reactive ketones (excluding diaryl/α,β-unsaturated/α-hetero) is 1. The van der Waals surface area contributed by atoms with Crippen LogP contribution < -0.4 is 4.90 Å². The van der Waals surface area contributed by atoms with Crippen molar-refractivity contribution < 1.29 is 18.0 Å². The van der Waals surface area contributed by atoms with Crippen molar-refractivity contribution in [1.82, 2.24) is 4.98 Å². The summed E-state index contributed by atoms with van der Waals surface area (Å²) in [6.45, 7) is 2.57. The van der Waals surface area contributed by atoms with E-state index in [1.54, 1.807) is 13.0 Å².